The highest BCUT2D eigenvalue weighted by molar-refractivity contribution is 9.10. The first-order valence-electron chi connectivity index (χ1n) is 7.97. The van der Waals surface area contributed by atoms with Crippen molar-refractivity contribution in [2.75, 3.05) is 20.7 Å². The second-order valence-electron chi connectivity index (χ2n) is 6.15. The quantitative estimate of drug-likeness (QED) is 0.758. The fourth-order valence-corrected chi connectivity index (χ4v) is 3.00. The predicted octanol–water partition coefficient (Wildman–Crippen LogP) is 2.10. The molecule has 2 aromatic carbocycles. The van der Waals surface area contributed by atoms with Crippen LogP contribution in [0.5, 0.6) is 5.75 Å². The standard InChI is InChI=1S/C19H23BrN2O2/c1-14-8-9-18(17(20)10-14)24-13-19(23)21-11-15-6-4-5-7-16(15)12-22(2)3/h4-10H,11-13H2,1-3H3,(H,21,23)/p+1. The van der Waals surface area contributed by atoms with Gasteiger partial charge in [0.1, 0.15) is 12.3 Å². The number of nitrogens with one attached hydrogen (secondary N) is 2. The Morgan fingerprint density at radius 1 is 1.17 bits per heavy atom. The summed E-state index contributed by atoms with van der Waals surface area (Å²) < 4.78 is 6.43. The minimum atomic E-state index is -0.130. The Hall–Kier alpha value is -1.85. The number of rotatable bonds is 7. The summed E-state index contributed by atoms with van der Waals surface area (Å²) in [4.78, 5) is 13.4. The Morgan fingerprint density at radius 3 is 2.54 bits per heavy atom. The van der Waals surface area contributed by atoms with Gasteiger partial charge in [-0.05, 0) is 46.1 Å². The molecule has 0 atom stereocenters. The van der Waals surface area contributed by atoms with Crippen LogP contribution < -0.4 is 15.0 Å². The van der Waals surface area contributed by atoms with Gasteiger partial charge in [0, 0.05) is 12.1 Å². The monoisotopic (exact) mass is 391 g/mol. The number of aryl methyl sites for hydroxylation is 1. The van der Waals surface area contributed by atoms with Crippen LogP contribution in [0.25, 0.3) is 0 Å². The van der Waals surface area contributed by atoms with Gasteiger partial charge in [-0.2, -0.15) is 0 Å². The highest BCUT2D eigenvalue weighted by atomic mass is 79.9. The van der Waals surface area contributed by atoms with Gasteiger partial charge in [-0.3, -0.25) is 4.79 Å². The molecule has 2 N–H and O–H groups in total. The van der Waals surface area contributed by atoms with Crippen molar-refractivity contribution < 1.29 is 14.4 Å². The number of benzene rings is 2. The zero-order valence-corrected chi connectivity index (χ0v) is 15.9. The van der Waals surface area contributed by atoms with E-state index in [1.807, 2.05) is 37.3 Å². The molecule has 4 nitrogen and oxygen atoms in total. The summed E-state index contributed by atoms with van der Waals surface area (Å²) in [7, 11) is 4.23. The molecule has 0 aliphatic rings. The molecule has 0 spiro atoms. The SMILES string of the molecule is Cc1ccc(OCC(=O)NCc2ccccc2C[NH+](C)C)c(Br)c1. The number of ether oxygens (including phenoxy) is 1. The van der Waals surface area contributed by atoms with Crippen LogP contribution in [-0.4, -0.2) is 26.6 Å². The van der Waals surface area contributed by atoms with Crippen LogP contribution in [0.3, 0.4) is 0 Å². The fraction of sp³-hybridized carbons (Fsp3) is 0.316. The van der Waals surface area contributed by atoms with Crippen molar-refractivity contribution in [2.24, 2.45) is 0 Å². The van der Waals surface area contributed by atoms with Crippen LogP contribution in [0, 0.1) is 6.92 Å². The third kappa shape index (κ3) is 5.65. The van der Waals surface area contributed by atoms with Crippen LogP contribution in [0.2, 0.25) is 0 Å². The lowest BCUT2D eigenvalue weighted by Gasteiger charge is -2.13. The average molecular weight is 392 g/mol. The molecule has 5 heteroatoms. The summed E-state index contributed by atoms with van der Waals surface area (Å²) in [5.41, 5.74) is 3.53. The molecule has 2 rings (SSSR count). The molecule has 0 bridgehead atoms. The minimum Gasteiger partial charge on any atom is -0.483 e. The topological polar surface area (TPSA) is 42.8 Å². The van der Waals surface area contributed by atoms with Crippen LogP contribution >= 0.6 is 15.9 Å². The molecule has 2 aromatic rings. The van der Waals surface area contributed by atoms with Crippen LogP contribution in [0.4, 0.5) is 0 Å². The van der Waals surface area contributed by atoms with Crippen molar-refractivity contribution in [3.63, 3.8) is 0 Å². The second kappa shape index (κ2) is 8.85. The molecule has 0 aliphatic carbocycles. The van der Waals surface area contributed by atoms with Gasteiger partial charge in [-0.25, -0.2) is 0 Å². The summed E-state index contributed by atoms with van der Waals surface area (Å²) in [6, 6.07) is 14.0. The number of amides is 1. The second-order valence-corrected chi connectivity index (χ2v) is 7.01. The van der Waals surface area contributed by atoms with E-state index >= 15 is 0 Å². The number of hydrogen-bond donors (Lipinski definition) is 2. The molecule has 0 aliphatic heterocycles. The molecule has 0 fully saturated rings. The summed E-state index contributed by atoms with van der Waals surface area (Å²) in [5.74, 6) is 0.543. The first-order chi connectivity index (χ1) is 11.5. The Balaban J connectivity index is 1.87. The van der Waals surface area contributed by atoms with Crippen molar-refractivity contribution in [1.29, 1.82) is 0 Å². The van der Waals surface area contributed by atoms with Gasteiger partial charge < -0.3 is 15.0 Å². The average Bonchev–Trinajstić information content (AvgIpc) is 2.52. The van der Waals surface area contributed by atoms with E-state index in [0.717, 1.165) is 22.1 Å². The maximum atomic E-state index is 12.0. The molecule has 1 amide bonds. The van der Waals surface area contributed by atoms with Gasteiger partial charge in [-0.1, -0.05) is 30.3 Å². The largest absolute Gasteiger partial charge is 0.483 e. The highest BCUT2D eigenvalue weighted by Gasteiger charge is 2.09. The molecule has 0 saturated carbocycles. The van der Waals surface area contributed by atoms with Crippen molar-refractivity contribution in [2.45, 2.75) is 20.0 Å². The third-order valence-electron chi connectivity index (χ3n) is 3.58. The maximum Gasteiger partial charge on any atom is 0.258 e. The lowest BCUT2D eigenvalue weighted by atomic mass is 10.1. The normalized spacial score (nSPS) is 10.7. The van der Waals surface area contributed by atoms with E-state index in [2.05, 4.69) is 47.5 Å². The first-order valence-corrected chi connectivity index (χ1v) is 8.76. The Kier molecular flexibility index (Phi) is 6.82. The third-order valence-corrected chi connectivity index (χ3v) is 4.20. The first kappa shape index (κ1) is 18.5. The number of hydrogen-bond acceptors (Lipinski definition) is 2. The summed E-state index contributed by atoms with van der Waals surface area (Å²) in [5, 5.41) is 2.93. The van der Waals surface area contributed by atoms with Gasteiger partial charge in [0.15, 0.2) is 6.61 Å². The van der Waals surface area contributed by atoms with Crippen molar-refractivity contribution >= 4 is 21.8 Å². The minimum absolute atomic E-state index is 0.00274. The van der Waals surface area contributed by atoms with Gasteiger partial charge in [-0.15, -0.1) is 0 Å². The number of carbonyl (C=O) groups is 1. The summed E-state index contributed by atoms with van der Waals surface area (Å²) >= 11 is 3.45. The number of halogens is 1. The van der Waals surface area contributed by atoms with E-state index in [1.165, 1.54) is 10.5 Å². The molecule has 0 saturated heterocycles. The molecular formula is C19H24BrN2O2+. The Bertz CT molecular complexity index is 702. The molecule has 0 radical (unpaired) electrons. The Labute approximate surface area is 151 Å². The highest BCUT2D eigenvalue weighted by Crippen LogP contribution is 2.25. The number of carbonyl (C=O) groups excluding carboxylic acids is 1. The Morgan fingerprint density at radius 2 is 1.88 bits per heavy atom. The van der Waals surface area contributed by atoms with Crippen LogP contribution in [-0.2, 0) is 17.9 Å². The van der Waals surface area contributed by atoms with E-state index in [4.69, 9.17) is 4.74 Å². The molecular weight excluding hydrogens is 368 g/mol. The smallest absolute Gasteiger partial charge is 0.258 e. The van der Waals surface area contributed by atoms with Gasteiger partial charge >= 0.3 is 0 Å². The molecule has 0 heterocycles. The molecule has 0 aromatic heterocycles. The van der Waals surface area contributed by atoms with E-state index < -0.39 is 0 Å². The predicted molar refractivity (Wildman–Crippen MR) is 99.2 cm³/mol. The van der Waals surface area contributed by atoms with Crippen LogP contribution in [0.1, 0.15) is 16.7 Å². The van der Waals surface area contributed by atoms with E-state index in [-0.39, 0.29) is 12.5 Å². The molecule has 0 unspecified atom stereocenters. The van der Waals surface area contributed by atoms with Crippen molar-refractivity contribution in [1.82, 2.24) is 5.32 Å². The van der Waals surface area contributed by atoms with Crippen molar-refractivity contribution in [3.05, 3.63) is 63.6 Å². The van der Waals surface area contributed by atoms with E-state index in [9.17, 15) is 4.79 Å². The van der Waals surface area contributed by atoms with Gasteiger partial charge in [0.05, 0.1) is 18.6 Å². The fourth-order valence-electron chi connectivity index (χ4n) is 2.39. The lowest BCUT2D eigenvalue weighted by molar-refractivity contribution is -0.872. The number of quaternary nitrogens is 1. The van der Waals surface area contributed by atoms with Crippen LogP contribution in [0.15, 0.2) is 46.9 Å². The zero-order chi connectivity index (χ0) is 17.5. The summed E-state index contributed by atoms with van der Waals surface area (Å²) in [6.45, 7) is 3.45. The van der Waals surface area contributed by atoms with Gasteiger partial charge in [0.2, 0.25) is 0 Å². The zero-order valence-electron chi connectivity index (χ0n) is 14.4. The van der Waals surface area contributed by atoms with Crippen molar-refractivity contribution in [3.8, 4) is 5.75 Å². The molecule has 128 valence electrons. The summed E-state index contributed by atoms with van der Waals surface area (Å²) in [6.07, 6.45) is 0. The maximum absolute atomic E-state index is 12.0. The lowest BCUT2D eigenvalue weighted by Crippen LogP contribution is -3.04. The molecule has 24 heavy (non-hydrogen) atoms. The van der Waals surface area contributed by atoms with E-state index in [0.29, 0.717) is 12.3 Å². The van der Waals surface area contributed by atoms with Gasteiger partial charge in [0.25, 0.3) is 5.91 Å². The van der Waals surface area contributed by atoms with E-state index in [1.54, 1.807) is 0 Å².